The van der Waals surface area contributed by atoms with Crippen LogP contribution in [0.15, 0.2) is 0 Å². The maximum Gasteiger partial charge on any atom is 0.184 e. The van der Waals surface area contributed by atoms with Gasteiger partial charge in [-0.3, -0.25) is 0 Å². The molecule has 5 nitrogen and oxygen atoms in total. The van der Waals surface area contributed by atoms with Gasteiger partial charge in [0.25, 0.3) is 0 Å². The monoisotopic (exact) mass is 204 g/mol. The lowest BCUT2D eigenvalue weighted by molar-refractivity contribution is -0.224. The van der Waals surface area contributed by atoms with Gasteiger partial charge in [-0.25, -0.2) is 0 Å². The van der Waals surface area contributed by atoms with E-state index in [9.17, 15) is 5.11 Å². The minimum Gasteiger partial charge on any atom is -0.382 e. The third-order valence-electron chi connectivity index (χ3n) is 2.46. The molecule has 4 atom stereocenters. The Labute approximate surface area is 82.9 Å². The molecule has 0 saturated carbocycles. The van der Waals surface area contributed by atoms with Crippen LogP contribution in [0.4, 0.5) is 0 Å². The molecule has 0 aromatic heterocycles. The second-order valence-electron chi connectivity index (χ2n) is 4.09. The number of methoxy groups -OCH3 is 1. The molecule has 0 bridgehead atoms. The van der Waals surface area contributed by atoms with Gasteiger partial charge in [-0.1, -0.05) is 0 Å². The third kappa shape index (κ3) is 1.66. The molecule has 0 radical (unpaired) electrons. The minimum absolute atomic E-state index is 0.236. The molecule has 0 aromatic carbocycles. The molecule has 0 aromatic rings. The second kappa shape index (κ2) is 3.43. The molecule has 5 heteroatoms. The van der Waals surface area contributed by atoms with Gasteiger partial charge in [0.15, 0.2) is 12.1 Å². The quantitative estimate of drug-likeness (QED) is 0.679. The molecule has 1 unspecified atom stereocenters. The third-order valence-corrected chi connectivity index (χ3v) is 2.46. The molecule has 0 spiro atoms. The molecule has 0 amide bonds. The van der Waals surface area contributed by atoms with Crippen molar-refractivity contribution < 1.29 is 24.1 Å². The van der Waals surface area contributed by atoms with E-state index < -0.39 is 18.2 Å². The summed E-state index contributed by atoms with van der Waals surface area (Å²) in [5.41, 5.74) is 0. The van der Waals surface area contributed by atoms with Crippen LogP contribution in [-0.4, -0.2) is 49.2 Å². The number of ether oxygens (including phenoxy) is 4. The van der Waals surface area contributed by atoms with Gasteiger partial charge in [0.05, 0.1) is 6.61 Å². The number of aliphatic hydroxyl groups excluding tert-OH is 1. The number of rotatable bonds is 2. The van der Waals surface area contributed by atoms with E-state index in [1.165, 1.54) is 0 Å². The standard InChI is InChI=1S/C9H16O5/c1-9(2)13-6-5(4-11-3)12-8(10)7(6)14-9/h5-8,10H,4H2,1-3H3/t5-,6+,7+,8?/m0/s1. The van der Waals surface area contributed by atoms with E-state index in [4.69, 9.17) is 18.9 Å². The van der Waals surface area contributed by atoms with Crippen molar-refractivity contribution in [2.45, 2.75) is 44.2 Å². The van der Waals surface area contributed by atoms with Gasteiger partial charge >= 0.3 is 0 Å². The first-order valence-electron chi connectivity index (χ1n) is 4.71. The van der Waals surface area contributed by atoms with E-state index in [0.29, 0.717) is 6.61 Å². The first-order chi connectivity index (χ1) is 6.53. The van der Waals surface area contributed by atoms with E-state index in [0.717, 1.165) is 0 Å². The maximum atomic E-state index is 9.55. The zero-order valence-electron chi connectivity index (χ0n) is 8.60. The molecule has 2 heterocycles. The Balaban J connectivity index is 2.07. The van der Waals surface area contributed by atoms with E-state index >= 15 is 0 Å². The van der Waals surface area contributed by atoms with Crippen LogP contribution in [0.25, 0.3) is 0 Å². The summed E-state index contributed by atoms with van der Waals surface area (Å²) in [5, 5.41) is 9.55. The van der Waals surface area contributed by atoms with Crippen LogP contribution in [0.2, 0.25) is 0 Å². The van der Waals surface area contributed by atoms with Crippen molar-refractivity contribution in [2.75, 3.05) is 13.7 Å². The summed E-state index contributed by atoms with van der Waals surface area (Å²) >= 11 is 0. The summed E-state index contributed by atoms with van der Waals surface area (Å²) in [5.74, 6) is -0.647. The highest BCUT2D eigenvalue weighted by molar-refractivity contribution is 4.94. The predicted octanol–water partition coefficient (Wildman–Crippen LogP) is -0.130. The van der Waals surface area contributed by atoms with E-state index in [2.05, 4.69) is 0 Å². The van der Waals surface area contributed by atoms with Crippen molar-refractivity contribution in [3.05, 3.63) is 0 Å². The van der Waals surface area contributed by atoms with Crippen LogP contribution >= 0.6 is 0 Å². The molecule has 2 saturated heterocycles. The van der Waals surface area contributed by atoms with Crippen LogP contribution in [0.5, 0.6) is 0 Å². The molecule has 2 fully saturated rings. The second-order valence-corrected chi connectivity index (χ2v) is 4.09. The SMILES string of the molecule is COC[C@@H]1OC(O)[C@@H]2OC(C)(C)O[C@H]12. The van der Waals surface area contributed by atoms with E-state index in [1.807, 2.05) is 13.8 Å². The van der Waals surface area contributed by atoms with Gasteiger partial charge in [-0.2, -0.15) is 0 Å². The van der Waals surface area contributed by atoms with Crippen molar-refractivity contribution in [2.24, 2.45) is 0 Å². The average molecular weight is 204 g/mol. The molecule has 2 aliphatic heterocycles. The summed E-state index contributed by atoms with van der Waals surface area (Å²) in [7, 11) is 1.59. The van der Waals surface area contributed by atoms with Crippen LogP contribution in [-0.2, 0) is 18.9 Å². The Kier molecular flexibility index (Phi) is 2.53. The largest absolute Gasteiger partial charge is 0.382 e. The van der Waals surface area contributed by atoms with Crippen LogP contribution < -0.4 is 0 Å². The highest BCUT2D eigenvalue weighted by Gasteiger charge is 2.54. The summed E-state index contributed by atoms with van der Waals surface area (Å²) in [6, 6.07) is 0. The fraction of sp³-hybridized carbons (Fsp3) is 1.00. The first kappa shape index (κ1) is 10.3. The summed E-state index contributed by atoms with van der Waals surface area (Å²) in [6.45, 7) is 4.04. The molecular formula is C9H16O5. The highest BCUT2D eigenvalue weighted by Crippen LogP contribution is 2.37. The van der Waals surface area contributed by atoms with Crippen molar-refractivity contribution in [1.82, 2.24) is 0 Å². The Bertz CT molecular complexity index is 217. The van der Waals surface area contributed by atoms with Crippen molar-refractivity contribution >= 4 is 0 Å². The summed E-state index contributed by atoms with van der Waals surface area (Å²) in [6.07, 6.45) is -1.80. The van der Waals surface area contributed by atoms with Crippen LogP contribution in [0, 0.1) is 0 Å². The van der Waals surface area contributed by atoms with E-state index in [-0.39, 0.29) is 12.2 Å². The van der Waals surface area contributed by atoms with Crippen molar-refractivity contribution in [3.63, 3.8) is 0 Å². The summed E-state index contributed by atoms with van der Waals surface area (Å²) in [4.78, 5) is 0. The number of hydrogen-bond donors (Lipinski definition) is 1. The molecule has 1 N–H and O–H groups in total. The maximum absolute atomic E-state index is 9.55. The fourth-order valence-electron chi connectivity index (χ4n) is 1.96. The van der Waals surface area contributed by atoms with Crippen molar-refractivity contribution in [3.8, 4) is 0 Å². The molecular weight excluding hydrogens is 188 g/mol. The number of hydrogen-bond acceptors (Lipinski definition) is 5. The van der Waals surface area contributed by atoms with Gasteiger partial charge in [0.2, 0.25) is 0 Å². The van der Waals surface area contributed by atoms with Gasteiger partial charge < -0.3 is 24.1 Å². The van der Waals surface area contributed by atoms with E-state index in [1.54, 1.807) is 7.11 Å². The van der Waals surface area contributed by atoms with Gasteiger partial charge in [-0.05, 0) is 13.8 Å². The average Bonchev–Trinajstić information content (AvgIpc) is 2.51. The van der Waals surface area contributed by atoms with Gasteiger partial charge in [0.1, 0.15) is 18.3 Å². The normalized spacial score (nSPS) is 45.4. The molecule has 0 aliphatic carbocycles. The Hall–Kier alpha value is -0.200. The lowest BCUT2D eigenvalue weighted by Gasteiger charge is -2.22. The smallest absolute Gasteiger partial charge is 0.184 e. The predicted molar refractivity (Wildman–Crippen MR) is 46.6 cm³/mol. The Morgan fingerprint density at radius 1 is 1.29 bits per heavy atom. The minimum atomic E-state index is -0.915. The fourth-order valence-corrected chi connectivity index (χ4v) is 1.96. The Morgan fingerprint density at radius 3 is 2.57 bits per heavy atom. The number of aliphatic hydroxyl groups is 1. The zero-order valence-corrected chi connectivity index (χ0v) is 8.60. The van der Waals surface area contributed by atoms with Gasteiger partial charge in [0, 0.05) is 7.11 Å². The molecule has 82 valence electrons. The molecule has 14 heavy (non-hydrogen) atoms. The highest BCUT2D eigenvalue weighted by atomic mass is 16.8. The lowest BCUT2D eigenvalue weighted by Crippen LogP contribution is -2.32. The summed E-state index contributed by atoms with van der Waals surface area (Å²) < 4.78 is 21.4. The van der Waals surface area contributed by atoms with Gasteiger partial charge in [-0.15, -0.1) is 0 Å². The first-order valence-corrected chi connectivity index (χ1v) is 4.71. The van der Waals surface area contributed by atoms with Crippen LogP contribution in [0.1, 0.15) is 13.8 Å². The van der Waals surface area contributed by atoms with Crippen molar-refractivity contribution in [1.29, 1.82) is 0 Å². The number of fused-ring (bicyclic) bond motifs is 1. The molecule has 2 aliphatic rings. The molecule has 2 rings (SSSR count). The Morgan fingerprint density at radius 2 is 1.93 bits per heavy atom. The topological polar surface area (TPSA) is 57.2 Å². The zero-order chi connectivity index (χ0) is 10.3. The lowest BCUT2D eigenvalue weighted by atomic mass is 10.1. The van der Waals surface area contributed by atoms with Crippen LogP contribution in [0.3, 0.4) is 0 Å².